The maximum absolute atomic E-state index is 11.9. The van der Waals surface area contributed by atoms with Gasteiger partial charge < -0.3 is 28.3 Å². The van der Waals surface area contributed by atoms with Crippen LogP contribution in [0.4, 0.5) is 0 Å². The van der Waals surface area contributed by atoms with Gasteiger partial charge in [0.25, 0.3) is 0 Å². The molecule has 0 unspecified atom stereocenters. The minimum absolute atomic E-state index is 0.217. The van der Waals surface area contributed by atoms with Gasteiger partial charge in [0.2, 0.25) is 0 Å². The maximum atomic E-state index is 11.9. The summed E-state index contributed by atoms with van der Waals surface area (Å²) in [6.07, 6.45) is 1.64. The molecule has 0 radical (unpaired) electrons. The van der Waals surface area contributed by atoms with Crippen molar-refractivity contribution in [2.24, 2.45) is 0 Å². The second kappa shape index (κ2) is 8.67. The second-order valence-electron chi connectivity index (χ2n) is 9.11. The van der Waals surface area contributed by atoms with Crippen molar-refractivity contribution in [3.05, 3.63) is 59.8 Å². The number of aromatic nitrogens is 4. The van der Waals surface area contributed by atoms with Gasteiger partial charge in [-0.1, -0.05) is 17.7 Å². The second-order valence-corrected chi connectivity index (χ2v) is 9.47. The summed E-state index contributed by atoms with van der Waals surface area (Å²) in [5, 5.41) is 1.98. The zero-order valence-corrected chi connectivity index (χ0v) is 20.5. The molecular formula is C25H23ClN4O6. The van der Waals surface area contributed by atoms with Crippen LogP contribution < -0.4 is 4.74 Å². The Morgan fingerprint density at radius 2 is 1.94 bits per heavy atom. The summed E-state index contributed by atoms with van der Waals surface area (Å²) >= 11 is 6.24. The summed E-state index contributed by atoms with van der Waals surface area (Å²) in [4.78, 5) is 24.7. The van der Waals surface area contributed by atoms with Crippen LogP contribution in [0.2, 0.25) is 5.15 Å². The topological polar surface area (TPSA) is 107 Å². The minimum atomic E-state index is -0.775. The van der Waals surface area contributed by atoms with Crippen molar-refractivity contribution >= 4 is 39.5 Å². The fourth-order valence-corrected chi connectivity index (χ4v) is 4.94. The Bertz CT molecular complexity index is 1470. The van der Waals surface area contributed by atoms with Crippen LogP contribution in [0.1, 0.15) is 30.6 Å². The Balaban J connectivity index is 1.25. The minimum Gasteiger partial charge on any atom is -0.491 e. The summed E-state index contributed by atoms with van der Waals surface area (Å²) in [5.41, 5.74) is 1.50. The van der Waals surface area contributed by atoms with Gasteiger partial charge in [0.05, 0.1) is 18.0 Å². The van der Waals surface area contributed by atoms with Crippen molar-refractivity contribution < 1.29 is 28.5 Å². The van der Waals surface area contributed by atoms with Gasteiger partial charge in [0.15, 0.2) is 12.0 Å². The number of methoxy groups -OCH3 is 1. The van der Waals surface area contributed by atoms with E-state index in [1.807, 2.05) is 48.9 Å². The summed E-state index contributed by atoms with van der Waals surface area (Å²) in [6, 6.07) is 10.8. The quantitative estimate of drug-likeness (QED) is 0.291. The van der Waals surface area contributed by atoms with Crippen LogP contribution in [-0.2, 0) is 18.9 Å². The number of hydrogen-bond acceptors (Lipinski definition) is 9. The normalized spacial score (nSPS) is 24.8. The van der Waals surface area contributed by atoms with Crippen LogP contribution in [0.3, 0.4) is 0 Å². The molecule has 2 aliphatic rings. The lowest BCUT2D eigenvalue weighted by atomic mass is 10.1. The fraction of sp³-hybridized carbons (Fsp3) is 0.360. The van der Waals surface area contributed by atoms with E-state index in [4.69, 9.17) is 35.3 Å². The number of esters is 1. The number of ether oxygens (including phenoxy) is 5. The fourth-order valence-electron chi connectivity index (χ4n) is 4.75. The summed E-state index contributed by atoms with van der Waals surface area (Å²) in [6.45, 7) is 3.97. The molecule has 6 rings (SSSR count). The first kappa shape index (κ1) is 23.1. The van der Waals surface area contributed by atoms with Crippen molar-refractivity contribution in [3.63, 3.8) is 0 Å². The lowest BCUT2D eigenvalue weighted by Gasteiger charge is -2.25. The Morgan fingerprint density at radius 3 is 2.78 bits per heavy atom. The van der Waals surface area contributed by atoms with E-state index in [0.717, 1.165) is 10.8 Å². The third-order valence-corrected chi connectivity index (χ3v) is 6.63. The van der Waals surface area contributed by atoms with Gasteiger partial charge >= 0.3 is 5.97 Å². The van der Waals surface area contributed by atoms with Crippen LogP contribution in [0.5, 0.6) is 5.75 Å². The largest absolute Gasteiger partial charge is 0.491 e. The monoisotopic (exact) mass is 510 g/mol. The molecule has 0 spiro atoms. The highest BCUT2D eigenvalue weighted by atomic mass is 35.5. The number of pyridine rings is 1. The average molecular weight is 511 g/mol. The molecule has 5 heterocycles. The molecule has 1 aromatic carbocycles. The highest BCUT2D eigenvalue weighted by Gasteiger charge is 2.56. The highest BCUT2D eigenvalue weighted by Crippen LogP contribution is 2.44. The van der Waals surface area contributed by atoms with Gasteiger partial charge in [-0.2, -0.15) is 0 Å². The van der Waals surface area contributed by atoms with Crippen LogP contribution in [0, 0.1) is 0 Å². The number of rotatable bonds is 5. The molecule has 186 valence electrons. The highest BCUT2D eigenvalue weighted by molar-refractivity contribution is 6.33. The van der Waals surface area contributed by atoms with E-state index in [1.165, 1.54) is 13.4 Å². The Morgan fingerprint density at radius 1 is 1.14 bits per heavy atom. The Labute approximate surface area is 211 Å². The summed E-state index contributed by atoms with van der Waals surface area (Å²) in [7, 11) is 1.32. The molecule has 3 aromatic heterocycles. The maximum Gasteiger partial charge on any atom is 0.356 e. The molecule has 2 saturated heterocycles. The zero-order chi connectivity index (χ0) is 25.0. The number of benzene rings is 1. The molecule has 11 heteroatoms. The number of nitrogens with zero attached hydrogens (tertiary/aromatic N) is 4. The number of carbonyl (C=O) groups is 1. The first-order chi connectivity index (χ1) is 17.3. The third-order valence-electron chi connectivity index (χ3n) is 6.33. The first-order valence-electron chi connectivity index (χ1n) is 11.4. The molecule has 2 fully saturated rings. The van der Waals surface area contributed by atoms with Crippen molar-refractivity contribution in [1.29, 1.82) is 0 Å². The first-order valence-corrected chi connectivity index (χ1v) is 11.8. The van der Waals surface area contributed by atoms with E-state index in [9.17, 15) is 4.79 Å². The van der Waals surface area contributed by atoms with Crippen LogP contribution in [0.15, 0.2) is 48.9 Å². The van der Waals surface area contributed by atoms with E-state index in [-0.39, 0.29) is 24.5 Å². The Hall–Kier alpha value is -3.31. The van der Waals surface area contributed by atoms with Crippen LogP contribution >= 0.6 is 11.6 Å². The van der Waals surface area contributed by atoms with Gasteiger partial charge in [-0.3, -0.25) is 0 Å². The molecule has 0 bridgehead atoms. The van der Waals surface area contributed by atoms with E-state index in [2.05, 4.69) is 15.0 Å². The number of halogens is 1. The molecule has 0 amide bonds. The van der Waals surface area contributed by atoms with Crippen molar-refractivity contribution in [3.8, 4) is 5.75 Å². The van der Waals surface area contributed by atoms with Gasteiger partial charge in [0.1, 0.15) is 53.5 Å². The lowest BCUT2D eigenvalue weighted by Crippen LogP contribution is -2.33. The molecule has 0 aliphatic carbocycles. The SMILES string of the molecule is COC(=O)c1ccc2ccc(OC[C@H]3O[C@@H](n4ccc5c(Cl)ncnc54)[C@@H]4OC(C)(C)O[C@@H]43)cc2n1. The van der Waals surface area contributed by atoms with E-state index >= 15 is 0 Å². The van der Waals surface area contributed by atoms with Gasteiger partial charge in [-0.05, 0) is 38.1 Å². The predicted octanol–water partition coefficient (Wildman–Crippen LogP) is 3.92. The Kier molecular flexibility index (Phi) is 5.56. The van der Waals surface area contributed by atoms with Crippen LogP contribution in [0.25, 0.3) is 21.9 Å². The lowest BCUT2D eigenvalue weighted by molar-refractivity contribution is -0.198. The third kappa shape index (κ3) is 3.96. The zero-order valence-electron chi connectivity index (χ0n) is 19.8. The average Bonchev–Trinajstić information content (AvgIpc) is 3.53. The molecule has 36 heavy (non-hydrogen) atoms. The molecule has 0 N–H and O–H groups in total. The summed E-state index contributed by atoms with van der Waals surface area (Å²) in [5.74, 6) is -0.683. The van der Waals surface area contributed by atoms with Crippen molar-refractivity contribution in [1.82, 2.24) is 19.5 Å². The van der Waals surface area contributed by atoms with Gasteiger partial charge in [0, 0.05) is 17.6 Å². The van der Waals surface area contributed by atoms with E-state index in [0.29, 0.717) is 22.1 Å². The van der Waals surface area contributed by atoms with Crippen LogP contribution in [-0.4, -0.2) is 63.3 Å². The number of carbonyl (C=O) groups excluding carboxylic acids is 1. The summed E-state index contributed by atoms with van der Waals surface area (Å²) < 4.78 is 31.6. The predicted molar refractivity (Wildman–Crippen MR) is 129 cm³/mol. The van der Waals surface area contributed by atoms with E-state index in [1.54, 1.807) is 12.1 Å². The van der Waals surface area contributed by atoms with E-state index < -0.39 is 24.1 Å². The number of fused-ring (bicyclic) bond motifs is 3. The molecule has 4 aromatic rings. The number of hydrogen-bond donors (Lipinski definition) is 0. The molecule has 4 atom stereocenters. The van der Waals surface area contributed by atoms with Gasteiger partial charge in [-0.25, -0.2) is 19.7 Å². The molecular weight excluding hydrogens is 488 g/mol. The van der Waals surface area contributed by atoms with Crippen molar-refractivity contribution in [2.75, 3.05) is 13.7 Å². The van der Waals surface area contributed by atoms with Gasteiger partial charge in [-0.15, -0.1) is 0 Å². The van der Waals surface area contributed by atoms with Crippen molar-refractivity contribution in [2.45, 2.75) is 44.2 Å². The standard InChI is InChI=1S/C25H23ClN4O6/c1-25(2)35-19-18(11-33-14-6-4-13-5-7-16(24(31)32-3)29-17(13)10-14)34-23(20(19)36-25)30-9-8-15-21(26)27-12-28-22(15)30/h4-10,12,18-20,23H,11H2,1-3H3/t18-,19-,20-,23-/m1/s1. The molecule has 2 aliphatic heterocycles. The smallest absolute Gasteiger partial charge is 0.356 e. The molecule has 0 saturated carbocycles. The molecule has 10 nitrogen and oxygen atoms in total.